The van der Waals surface area contributed by atoms with Gasteiger partial charge in [0, 0.05) is 18.3 Å². The van der Waals surface area contributed by atoms with Gasteiger partial charge in [-0.05, 0) is 18.3 Å². The number of benzene rings is 1. The molecule has 2 rings (SSSR count). The molecule has 0 atom stereocenters. The lowest BCUT2D eigenvalue weighted by Gasteiger charge is -2.06. The number of aromatic amines is 2. The van der Waals surface area contributed by atoms with Gasteiger partial charge in [-0.1, -0.05) is 18.2 Å². The van der Waals surface area contributed by atoms with Crippen LogP contribution in [-0.4, -0.2) is 22.2 Å². The lowest BCUT2D eigenvalue weighted by atomic mass is 10.1. The summed E-state index contributed by atoms with van der Waals surface area (Å²) >= 11 is 4.78. The number of anilines is 1. The van der Waals surface area contributed by atoms with E-state index in [2.05, 4.69) is 20.5 Å². The monoisotopic (exact) mass is 234 g/mol. The summed E-state index contributed by atoms with van der Waals surface area (Å²) in [6.45, 7) is 0. The summed E-state index contributed by atoms with van der Waals surface area (Å²) in [4.78, 5) is 14.2. The Labute approximate surface area is 96.6 Å². The summed E-state index contributed by atoms with van der Waals surface area (Å²) in [6, 6.07) is 7.42. The summed E-state index contributed by atoms with van der Waals surface area (Å²) in [5, 5.41) is 9.52. The Kier molecular flexibility index (Phi) is 2.82. The Morgan fingerprint density at radius 1 is 1.38 bits per heavy atom. The van der Waals surface area contributed by atoms with Gasteiger partial charge >= 0.3 is 0 Å². The summed E-state index contributed by atoms with van der Waals surface area (Å²) in [6.07, 6.45) is 0. The Hall–Kier alpha value is -1.95. The smallest absolute Gasteiger partial charge is 0.278 e. The maximum Gasteiger partial charge on any atom is 0.278 e. The van der Waals surface area contributed by atoms with E-state index >= 15 is 0 Å². The maximum absolute atomic E-state index is 11.7. The lowest BCUT2D eigenvalue weighted by molar-refractivity contribution is 0.932. The van der Waals surface area contributed by atoms with Gasteiger partial charge in [0.05, 0.1) is 0 Å². The number of hydrogen-bond donors (Lipinski definition) is 3. The van der Waals surface area contributed by atoms with Crippen molar-refractivity contribution in [3.8, 4) is 11.3 Å². The third-order valence-electron chi connectivity index (χ3n) is 2.16. The van der Waals surface area contributed by atoms with E-state index in [1.165, 1.54) is 0 Å². The molecule has 0 saturated heterocycles. The Morgan fingerprint density at radius 3 is 2.81 bits per heavy atom. The number of rotatable bonds is 2. The molecule has 0 fully saturated rings. The number of nitrogens with zero attached hydrogens (tertiary/aromatic N) is 1. The van der Waals surface area contributed by atoms with Gasteiger partial charge < -0.3 is 5.32 Å². The van der Waals surface area contributed by atoms with E-state index in [0.717, 1.165) is 11.3 Å². The molecule has 6 heteroatoms. The van der Waals surface area contributed by atoms with Crippen molar-refractivity contribution in [3.63, 3.8) is 0 Å². The van der Waals surface area contributed by atoms with Crippen LogP contribution >= 0.6 is 12.2 Å². The molecular formula is C10H10N4OS. The van der Waals surface area contributed by atoms with E-state index in [1.54, 1.807) is 7.05 Å². The zero-order valence-corrected chi connectivity index (χ0v) is 9.39. The second-order valence-electron chi connectivity index (χ2n) is 3.15. The molecule has 0 radical (unpaired) electrons. The predicted octanol–water partition coefficient (Wildman–Crippen LogP) is 1.54. The maximum atomic E-state index is 11.7. The van der Waals surface area contributed by atoms with Gasteiger partial charge in [0.1, 0.15) is 0 Å². The van der Waals surface area contributed by atoms with Crippen molar-refractivity contribution >= 4 is 17.9 Å². The van der Waals surface area contributed by atoms with Crippen LogP contribution in [0.5, 0.6) is 0 Å². The first-order chi connectivity index (χ1) is 7.72. The fourth-order valence-corrected chi connectivity index (χ4v) is 1.58. The van der Waals surface area contributed by atoms with Gasteiger partial charge in [0.15, 0.2) is 10.5 Å². The molecular weight excluding hydrogens is 224 g/mol. The van der Waals surface area contributed by atoms with Crippen LogP contribution in [0.1, 0.15) is 0 Å². The molecule has 0 unspecified atom stereocenters. The van der Waals surface area contributed by atoms with Crippen molar-refractivity contribution in [3.05, 3.63) is 39.4 Å². The van der Waals surface area contributed by atoms with Crippen molar-refractivity contribution in [1.82, 2.24) is 15.2 Å². The Morgan fingerprint density at radius 2 is 2.12 bits per heavy atom. The average Bonchev–Trinajstić information content (AvgIpc) is 2.29. The molecule has 0 saturated carbocycles. The number of nitrogens with one attached hydrogen (secondary N) is 3. The summed E-state index contributed by atoms with van der Waals surface area (Å²) < 4.78 is 0.218. The van der Waals surface area contributed by atoms with E-state index < -0.39 is 0 Å². The first-order valence-corrected chi connectivity index (χ1v) is 5.09. The molecule has 2 aromatic rings. The Bertz CT molecular complexity index is 616. The number of hydrogen-bond acceptors (Lipinski definition) is 4. The van der Waals surface area contributed by atoms with E-state index in [0.29, 0.717) is 5.69 Å². The molecule has 82 valence electrons. The lowest BCUT2D eigenvalue weighted by Crippen LogP contribution is -2.13. The number of aromatic nitrogens is 3. The van der Waals surface area contributed by atoms with E-state index in [4.69, 9.17) is 12.2 Å². The fourth-order valence-electron chi connectivity index (χ4n) is 1.44. The van der Waals surface area contributed by atoms with Crippen LogP contribution in [0.4, 0.5) is 5.69 Å². The van der Waals surface area contributed by atoms with Crippen LogP contribution in [0.25, 0.3) is 11.3 Å². The van der Waals surface area contributed by atoms with Crippen LogP contribution in [0.3, 0.4) is 0 Å². The van der Waals surface area contributed by atoms with Gasteiger partial charge in [0.25, 0.3) is 5.56 Å². The number of H-pyrrole nitrogens is 2. The second kappa shape index (κ2) is 4.28. The highest BCUT2D eigenvalue weighted by molar-refractivity contribution is 7.71. The van der Waals surface area contributed by atoms with Gasteiger partial charge in [-0.25, -0.2) is 0 Å². The van der Waals surface area contributed by atoms with Crippen molar-refractivity contribution in [1.29, 1.82) is 0 Å². The third kappa shape index (κ3) is 1.87. The molecule has 0 aliphatic carbocycles. The first-order valence-electron chi connectivity index (χ1n) is 4.68. The number of para-hydroxylation sites is 1. The molecule has 0 amide bonds. The second-order valence-corrected chi connectivity index (χ2v) is 3.56. The van der Waals surface area contributed by atoms with E-state index in [1.807, 2.05) is 24.3 Å². The van der Waals surface area contributed by atoms with Gasteiger partial charge in [-0.15, -0.1) is 0 Å². The minimum Gasteiger partial charge on any atom is -0.388 e. The molecule has 16 heavy (non-hydrogen) atoms. The molecule has 0 aliphatic rings. The zero-order valence-electron chi connectivity index (χ0n) is 8.57. The Balaban J connectivity index is 2.68. The predicted molar refractivity (Wildman–Crippen MR) is 65.0 cm³/mol. The highest BCUT2D eigenvalue weighted by atomic mass is 32.1. The SMILES string of the molecule is CNc1ccccc1-c1n[nH]c(=S)[nH]c1=O. The average molecular weight is 234 g/mol. The summed E-state index contributed by atoms with van der Waals surface area (Å²) in [5.41, 5.74) is 1.59. The molecule has 1 aromatic heterocycles. The molecule has 1 aromatic carbocycles. The molecule has 3 N–H and O–H groups in total. The quantitative estimate of drug-likeness (QED) is 0.689. The molecule has 5 nitrogen and oxygen atoms in total. The van der Waals surface area contributed by atoms with Gasteiger partial charge in [-0.2, -0.15) is 5.10 Å². The summed E-state index contributed by atoms with van der Waals surface area (Å²) in [5.74, 6) is 0. The first kappa shape index (κ1) is 10.6. The van der Waals surface area contributed by atoms with Crippen molar-refractivity contribution < 1.29 is 0 Å². The summed E-state index contributed by atoms with van der Waals surface area (Å²) in [7, 11) is 1.79. The minimum atomic E-state index is -0.300. The third-order valence-corrected chi connectivity index (χ3v) is 2.36. The van der Waals surface area contributed by atoms with Crippen LogP contribution in [-0.2, 0) is 0 Å². The van der Waals surface area contributed by atoms with Crippen molar-refractivity contribution in [2.45, 2.75) is 0 Å². The molecule has 0 bridgehead atoms. The van der Waals surface area contributed by atoms with E-state index in [9.17, 15) is 4.79 Å². The standard InChI is InChI=1S/C10H10N4OS/c1-11-7-5-3-2-4-6(7)8-9(15)12-10(16)14-13-8/h2-5,11H,1H3,(H2,12,14,15,16). The van der Waals surface area contributed by atoms with Crippen molar-refractivity contribution in [2.24, 2.45) is 0 Å². The van der Waals surface area contributed by atoms with Gasteiger partial charge in [0.2, 0.25) is 0 Å². The minimum absolute atomic E-state index is 0.218. The normalized spacial score (nSPS) is 10.1. The highest BCUT2D eigenvalue weighted by Gasteiger charge is 2.08. The van der Waals surface area contributed by atoms with Crippen LogP contribution in [0.2, 0.25) is 0 Å². The largest absolute Gasteiger partial charge is 0.388 e. The van der Waals surface area contributed by atoms with Crippen LogP contribution in [0, 0.1) is 4.77 Å². The van der Waals surface area contributed by atoms with Gasteiger partial charge in [-0.3, -0.25) is 14.9 Å². The van der Waals surface area contributed by atoms with Crippen LogP contribution < -0.4 is 10.9 Å². The zero-order chi connectivity index (χ0) is 11.5. The topological polar surface area (TPSA) is 73.6 Å². The van der Waals surface area contributed by atoms with Crippen molar-refractivity contribution in [2.75, 3.05) is 12.4 Å². The molecule has 0 spiro atoms. The highest BCUT2D eigenvalue weighted by Crippen LogP contribution is 2.22. The molecule has 1 heterocycles. The fraction of sp³-hybridized carbons (Fsp3) is 0.100. The molecule has 0 aliphatic heterocycles. The van der Waals surface area contributed by atoms with E-state index in [-0.39, 0.29) is 10.3 Å². The van der Waals surface area contributed by atoms with Crippen LogP contribution in [0.15, 0.2) is 29.1 Å².